The van der Waals surface area contributed by atoms with E-state index >= 15 is 0 Å². The molecular weight excluding hydrogens is 378 g/mol. The summed E-state index contributed by atoms with van der Waals surface area (Å²) in [6.45, 7) is 2.84. The van der Waals surface area contributed by atoms with Crippen LogP contribution in [0.15, 0.2) is 10.2 Å². The number of thiophene rings is 1. The molecule has 0 radical (unpaired) electrons. The van der Waals surface area contributed by atoms with E-state index < -0.39 is 0 Å². The summed E-state index contributed by atoms with van der Waals surface area (Å²) in [7, 11) is 0. The maximum absolute atomic E-state index is 9.59. The minimum absolute atomic E-state index is 0.0894. The standard InChI is InChI=1S/C19H23N5OS2/c1-2-9-24-14(10-25)22-23-19(24)27-18-15-12-5-3-4-6-13(12)26-17(15)20-16(21-18)11-7-8-11/h11,25H,2-10H2,1H3. The lowest BCUT2D eigenvalue weighted by Crippen LogP contribution is -2.05. The Hall–Kier alpha value is -1.51. The highest BCUT2D eigenvalue weighted by Gasteiger charge is 2.30. The molecule has 0 bridgehead atoms. The molecule has 3 heterocycles. The predicted octanol–water partition coefficient (Wildman–Crippen LogP) is 4.09. The van der Waals surface area contributed by atoms with Gasteiger partial charge >= 0.3 is 0 Å². The van der Waals surface area contributed by atoms with Crippen LogP contribution >= 0.6 is 23.1 Å². The van der Waals surface area contributed by atoms with Gasteiger partial charge < -0.3 is 9.67 Å². The molecule has 0 atom stereocenters. The number of aliphatic hydroxyl groups excluding tert-OH is 1. The molecule has 1 saturated carbocycles. The highest BCUT2D eigenvalue weighted by molar-refractivity contribution is 7.99. The fraction of sp³-hybridized carbons (Fsp3) is 0.579. The molecule has 0 amide bonds. The molecular formula is C19H23N5OS2. The third-order valence-corrected chi connectivity index (χ3v) is 7.47. The Morgan fingerprint density at radius 1 is 1.19 bits per heavy atom. The van der Waals surface area contributed by atoms with Crippen molar-refractivity contribution in [3.8, 4) is 0 Å². The van der Waals surface area contributed by atoms with Crippen LogP contribution in [-0.4, -0.2) is 29.8 Å². The summed E-state index contributed by atoms with van der Waals surface area (Å²) >= 11 is 3.45. The number of nitrogens with zero attached hydrogens (tertiary/aromatic N) is 5. The summed E-state index contributed by atoms with van der Waals surface area (Å²) in [6, 6.07) is 0. The lowest BCUT2D eigenvalue weighted by atomic mass is 9.97. The molecule has 3 aromatic heterocycles. The van der Waals surface area contributed by atoms with Gasteiger partial charge in [0, 0.05) is 22.7 Å². The van der Waals surface area contributed by atoms with Crippen molar-refractivity contribution in [3.05, 3.63) is 22.1 Å². The van der Waals surface area contributed by atoms with E-state index in [2.05, 4.69) is 17.1 Å². The van der Waals surface area contributed by atoms with Gasteiger partial charge in [0.1, 0.15) is 22.3 Å². The van der Waals surface area contributed by atoms with Gasteiger partial charge in [0.2, 0.25) is 0 Å². The lowest BCUT2D eigenvalue weighted by molar-refractivity contribution is 0.263. The van der Waals surface area contributed by atoms with Gasteiger partial charge in [0.25, 0.3) is 0 Å². The molecule has 5 rings (SSSR count). The Morgan fingerprint density at radius 3 is 2.81 bits per heavy atom. The van der Waals surface area contributed by atoms with Gasteiger partial charge in [0.05, 0.1) is 0 Å². The van der Waals surface area contributed by atoms with E-state index in [1.165, 1.54) is 47.9 Å². The number of hydrogen-bond acceptors (Lipinski definition) is 7. The van der Waals surface area contributed by atoms with Crippen molar-refractivity contribution < 1.29 is 5.11 Å². The van der Waals surface area contributed by atoms with Crippen LogP contribution in [0.4, 0.5) is 0 Å². The van der Waals surface area contributed by atoms with E-state index in [-0.39, 0.29) is 6.61 Å². The highest BCUT2D eigenvalue weighted by atomic mass is 32.2. The van der Waals surface area contributed by atoms with E-state index in [0.29, 0.717) is 11.7 Å². The summed E-state index contributed by atoms with van der Waals surface area (Å²) in [5, 5.41) is 21.2. The third-order valence-electron chi connectivity index (χ3n) is 5.31. The minimum atomic E-state index is -0.0894. The van der Waals surface area contributed by atoms with E-state index in [1.807, 2.05) is 15.9 Å². The Kier molecular flexibility index (Phi) is 4.65. The van der Waals surface area contributed by atoms with E-state index in [4.69, 9.17) is 9.97 Å². The van der Waals surface area contributed by atoms with E-state index in [0.717, 1.165) is 40.2 Å². The molecule has 8 heteroatoms. The Bertz CT molecular complexity index is 992. The summed E-state index contributed by atoms with van der Waals surface area (Å²) in [4.78, 5) is 12.6. The smallest absolute Gasteiger partial charge is 0.197 e. The second-order valence-electron chi connectivity index (χ2n) is 7.36. The van der Waals surface area contributed by atoms with Crippen LogP contribution in [0.3, 0.4) is 0 Å². The average Bonchev–Trinajstić information content (AvgIpc) is 3.37. The molecule has 2 aliphatic rings. The molecule has 3 aromatic rings. The number of aromatic nitrogens is 5. The molecule has 6 nitrogen and oxygen atoms in total. The van der Waals surface area contributed by atoms with Crippen LogP contribution in [0.5, 0.6) is 0 Å². The zero-order chi connectivity index (χ0) is 18.4. The number of aliphatic hydroxyl groups is 1. The van der Waals surface area contributed by atoms with Crippen molar-refractivity contribution in [1.29, 1.82) is 0 Å². The normalized spacial score (nSPS) is 16.8. The fourth-order valence-electron chi connectivity index (χ4n) is 3.78. The molecule has 1 fully saturated rings. The number of fused-ring (bicyclic) bond motifs is 3. The van der Waals surface area contributed by atoms with Crippen LogP contribution in [0.2, 0.25) is 0 Å². The predicted molar refractivity (Wildman–Crippen MR) is 106 cm³/mol. The molecule has 2 aliphatic carbocycles. The Balaban J connectivity index is 1.63. The molecule has 0 spiro atoms. The minimum Gasteiger partial charge on any atom is -0.388 e. The first kappa shape index (κ1) is 17.6. The second kappa shape index (κ2) is 7.14. The van der Waals surface area contributed by atoms with Crippen molar-refractivity contribution in [2.24, 2.45) is 0 Å². The monoisotopic (exact) mass is 401 g/mol. The fourth-order valence-corrected chi connectivity index (χ4v) is 6.14. The maximum Gasteiger partial charge on any atom is 0.197 e. The van der Waals surface area contributed by atoms with Gasteiger partial charge in [-0.1, -0.05) is 6.92 Å². The molecule has 27 heavy (non-hydrogen) atoms. The number of rotatable bonds is 6. The Morgan fingerprint density at radius 2 is 2.04 bits per heavy atom. The largest absolute Gasteiger partial charge is 0.388 e. The van der Waals surface area contributed by atoms with Gasteiger partial charge in [0.15, 0.2) is 11.0 Å². The summed E-state index contributed by atoms with van der Waals surface area (Å²) in [6.07, 6.45) is 8.17. The zero-order valence-electron chi connectivity index (χ0n) is 15.4. The Labute approximate surface area is 166 Å². The van der Waals surface area contributed by atoms with Gasteiger partial charge in [-0.3, -0.25) is 0 Å². The van der Waals surface area contributed by atoms with E-state index in [1.54, 1.807) is 11.8 Å². The van der Waals surface area contributed by atoms with Crippen molar-refractivity contribution >= 4 is 33.3 Å². The zero-order valence-corrected chi connectivity index (χ0v) is 17.1. The molecule has 1 N–H and O–H groups in total. The SMILES string of the molecule is CCCn1c(CO)nnc1Sc1nc(C2CC2)nc2sc3c(c12)CCCC3. The second-order valence-corrected chi connectivity index (χ2v) is 9.40. The quantitative estimate of drug-likeness (QED) is 0.627. The summed E-state index contributed by atoms with van der Waals surface area (Å²) < 4.78 is 2.02. The average molecular weight is 402 g/mol. The summed E-state index contributed by atoms with van der Waals surface area (Å²) in [5.74, 6) is 2.14. The lowest BCUT2D eigenvalue weighted by Gasteiger charge is -2.12. The molecule has 0 aliphatic heterocycles. The summed E-state index contributed by atoms with van der Waals surface area (Å²) in [5.41, 5.74) is 1.45. The highest BCUT2D eigenvalue weighted by Crippen LogP contribution is 2.45. The van der Waals surface area contributed by atoms with E-state index in [9.17, 15) is 5.11 Å². The first-order valence-corrected chi connectivity index (χ1v) is 11.4. The van der Waals surface area contributed by atoms with Crippen LogP contribution in [0, 0.1) is 0 Å². The maximum atomic E-state index is 9.59. The molecule has 0 saturated heterocycles. The van der Waals surface area contributed by atoms with Crippen LogP contribution in [0.25, 0.3) is 10.2 Å². The van der Waals surface area contributed by atoms with Crippen molar-refractivity contribution in [1.82, 2.24) is 24.7 Å². The third kappa shape index (κ3) is 3.17. The molecule has 0 aromatic carbocycles. The first-order chi connectivity index (χ1) is 13.3. The van der Waals surface area contributed by atoms with Gasteiger partial charge in [-0.05, 0) is 62.3 Å². The van der Waals surface area contributed by atoms with Crippen molar-refractivity contribution in [3.63, 3.8) is 0 Å². The first-order valence-electron chi connectivity index (χ1n) is 9.81. The topological polar surface area (TPSA) is 76.7 Å². The van der Waals surface area contributed by atoms with Gasteiger partial charge in [-0.2, -0.15) is 0 Å². The van der Waals surface area contributed by atoms with Gasteiger partial charge in [-0.15, -0.1) is 21.5 Å². The van der Waals surface area contributed by atoms with Crippen LogP contribution < -0.4 is 0 Å². The number of aryl methyl sites for hydroxylation is 2. The molecule has 142 valence electrons. The number of hydrogen-bond donors (Lipinski definition) is 1. The van der Waals surface area contributed by atoms with Crippen molar-refractivity contribution in [2.45, 2.75) is 81.1 Å². The van der Waals surface area contributed by atoms with Crippen LogP contribution in [0.1, 0.15) is 67.0 Å². The van der Waals surface area contributed by atoms with Crippen molar-refractivity contribution in [2.75, 3.05) is 0 Å². The van der Waals surface area contributed by atoms with Gasteiger partial charge in [-0.25, -0.2) is 9.97 Å². The van der Waals surface area contributed by atoms with Crippen LogP contribution in [-0.2, 0) is 26.0 Å². The molecule has 0 unspecified atom stereocenters.